The molecule has 0 saturated heterocycles. The molecule has 0 unspecified atom stereocenters. The zero-order valence-corrected chi connectivity index (χ0v) is 13.8. The Morgan fingerprint density at radius 3 is 2.71 bits per heavy atom. The monoisotopic (exact) mass is 317 g/mol. The maximum Gasteiger partial charge on any atom is 0.273 e. The first kappa shape index (κ1) is 14.7. The summed E-state index contributed by atoms with van der Waals surface area (Å²) in [5.74, 6) is 0.930. The molecule has 4 rings (SSSR count). The van der Waals surface area contributed by atoms with Crippen LogP contribution in [0.5, 0.6) is 0 Å². The number of fused-ring (bicyclic) bond motifs is 3. The van der Waals surface area contributed by atoms with Gasteiger partial charge in [-0.3, -0.25) is 4.79 Å². The minimum Gasteiger partial charge on any atom is -0.338 e. The number of imidazole rings is 1. The van der Waals surface area contributed by atoms with Crippen molar-refractivity contribution in [2.75, 3.05) is 5.32 Å². The summed E-state index contributed by atoms with van der Waals surface area (Å²) in [5, 5.41) is 2.96. The molecule has 0 spiro atoms. The number of anilines is 1. The summed E-state index contributed by atoms with van der Waals surface area (Å²) >= 11 is 0. The van der Waals surface area contributed by atoms with Gasteiger partial charge >= 0.3 is 0 Å². The fraction of sp³-hybridized carbons (Fsp3) is 0.200. The Hall–Kier alpha value is -2.88. The Kier molecular flexibility index (Phi) is 3.45. The number of nitrogens with zero attached hydrogens (tertiary/aromatic N) is 1. The molecular weight excluding hydrogens is 298 g/mol. The van der Waals surface area contributed by atoms with E-state index in [1.54, 1.807) is 6.20 Å². The van der Waals surface area contributed by atoms with Crippen LogP contribution in [0.15, 0.2) is 48.7 Å². The molecule has 1 aliphatic rings. The van der Waals surface area contributed by atoms with Crippen LogP contribution in [0.2, 0.25) is 0 Å². The highest BCUT2D eigenvalue weighted by molar-refractivity contribution is 6.03. The number of nitrogens with one attached hydrogen (secondary N) is 2. The lowest BCUT2D eigenvalue weighted by Crippen LogP contribution is -2.12. The van der Waals surface area contributed by atoms with Crippen molar-refractivity contribution in [3.63, 3.8) is 0 Å². The lowest BCUT2D eigenvalue weighted by molar-refractivity contribution is 0.102. The molecule has 0 atom stereocenters. The molecule has 0 saturated carbocycles. The molecule has 1 heterocycles. The quantitative estimate of drug-likeness (QED) is 0.590. The third kappa shape index (κ3) is 2.50. The van der Waals surface area contributed by atoms with Gasteiger partial charge in [0.2, 0.25) is 0 Å². The van der Waals surface area contributed by atoms with Gasteiger partial charge < -0.3 is 10.3 Å². The second-order valence-corrected chi connectivity index (χ2v) is 6.50. The number of benzene rings is 2. The number of rotatable bonds is 3. The van der Waals surface area contributed by atoms with Gasteiger partial charge in [-0.2, -0.15) is 0 Å². The maximum absolute atomic E-state index is 12.4. The molecule has 120 valence electrons. The van der Waals surface area contributed by atoms with Crippen molar-refractivity contribution in [2.45, 2.75) is 26.2 Å². The lowest BCUT2D eigenvalue weighted by atomic mass is 10.1. The van der Waals surface area contributed by atoms with Crippen LogP contribution < -0.4 is 5.32 Å². The van der Waals surface area contributed by atoms with Gasteiger partial charge in [-0.15, -0.1) is 0 Å². The largest absolute Gasteiger partial charge is 0.338 e. The van der Waals surface area contributed by atoms with Crippen molar-refractivity contribution < 1.29 is 4.79 Å². The molecule has 1 amide bonds. The Labute approximate surface area is 141 Å². The van der Waals surface area contributed by atoms with Crippen molar-refractivity contribution in [1.82, 2.24) is 9.97 Å². The van der Waals surface area contributed by atoms with Crippen LogP contribution >= 0.6 is 0 Å². The molecule has 1 aliphatic carbocycles. The van der Waals surface area contributed by atoms with E-state index in [1.807, 2.05) is 19.9 Å². The van der Waals surface area contributed by atoms with Crippen molar-refractivity contribution >= 4 is 11.6 Å². The van der Waals surface area contributed by atoms with Gasteiger partial charge in [-0.1, -0.05) is 44.2 Å². The molecule has 0 aliphatic heterocycles. The zero-order chi connectivity index (χ0) is 16.7. The predicted molar refractivity (Wildman–Crippen MR) is 95.3 cm³/mol. The number of aromatic amines is 1. The number of carbonyl (C=O) groups excluding carboxylic acids is 1. The van der Waals surface area contributed by atoms with E-state index >= 15 is 0 Å². The average Bonchev–Trinajstić information content (AvgIpc) is 3.19. The van der Waals surface area contributed by atoms with Crippen molar-refractivity contribution in [2.24, 2.45) is 0 Å². The third-order valence-corrected chi connectivity index (χ3v) is 4.44. The highest BCUT2D eigenvalue weighted by Gasteiger charge is 2.18. The van der Waals surface area contributed by atoms with Gasteiger partial charge in [0.1, 0.15) is 11.5 Å². The number of hydrogen-bond acceptors (Lipinski definition) is 2. The molecule has 4 nitrogen and oxygen atoms in total. The second-order valence-electron chi connectivity index (χ2n) is 6.50. The van der Waals surface area contributed by atoms with E-state index < -0.39 is 0 Å². The topological polar surface area (TPSA) is 57.8 Å². The number of amides is 1. The molecule has 0 radical (unpaired) electrons. The summed E-state index contributed by atoms with van der Waals surface area (Å²) in [7, 11) is 0. The molecule has 0 fully saturated rings. The van der Waals surface area contributed by atoms with Gasteiger partial charge in [0.25, 0.3) is 5.91 Å². The fourth-order valence-corrected chi connectivity index (χ4v) is 3.17. The van der Waals surface area contributed by atoms with E-state index in [1.165, 1.54) is 22.3 Å². The van der Waals surface area contributed by atoms with E-state index in [9.17, 15) is 4.79 Å². The summed E-state index contributed by atoms with van der Waals surface area (Å²) in [6, 6.07) is 14.5. The van der Waals surface area contributed by atoms with E-state index in [2.05, 4.69) is 51.7 Å². The van der Waals surface area contributed by atoms with E-state index in [4.69, 9.17) is 0 Å². The summed E-state index contributed by atoms with van der Waals surface area (Å²) in [5.41, 5.74) is 6.44. The smallest absolute Gasteiger partial charge is 0.273 e. The van der Waals surface area contributed by atoms with Crippen LogP contribution in [0.1, 0.15) is 47.2 Å². The maximum atomic E-state index is 12.4. The second kappa shape index (κ2) is 5.64. The highest BCUT2D eigenvalue weighted by atomic mass is 16.1. The molecular formula is C20H19N3O. The Bertz CT molecular complexity index is 924. The predicted octanol–water partition coefficient (Wildman–Crippen LogP) is 4.36. The standard InChI is InChI=1S/C20H19N3O/c1-12(2)19-21-11-18(23-19)20(24)22-15-7-8-17-14(10-15)9-13-5-3-4-6-16(13)17/h3-8,10-12H,9H2,1-2H3,(H,21,23)(H,22,24). The Balaban J connectivity index is 1.56. The van der Waals surface area contributed by atoms with Crippen LogP contribution in [-0.4, -0.2) is 15.9 Å². The van der Waals surface area contributed by atoms with E-state index in [-0.39, 0.29) is 11.8 Å². The molecule has 24 heavy (non-hydrogen) atoms. The molecule has 2 aromatic carbocycles. The normalized spacial score (nSPS) is 12.1. The first-order valence-corrected chi connectivity index (χ1v) is 8.19. The first-order chi connectivity index (χ1) is 11.6. The Morgan fingerprint density at radius 1 is 1.12 bits per heavy atom. The lowest BCUT2D eigenvalue weighted by Gasteiger charge is -2.07. The minimum absolute atomic E-state index is 0.162. The number of aromatic nitrogens is 2. The fourth-order valence-electron chi connectivity index (χ4n) is 3.17. The molecule has 4 heteroatoms. The van der Waals surface area contributed by atoms with E-state index in [0.29, 0.717) is 5.69 Å². The van der Waals surface area contributed by atoms with Gasteiger partial charge in [-0.05, 0) is 40.8 Å². The van der Waals surface area contributed by atoms with Crippen LogP contribution in [0, 0.1) is 0 Å². The van der Waals surface area contributed by atoms with Crippen molar-refractivity contribution in [1.29, 1.82) is 0 Å². The molecule has 2 N–H and O–H groups in total. The SMILES string of the molecule is CC(C)c1ncc(C(=O)Nc2ccc3c(c2)Cc2ccccc2-3)[nH]1. The van der Waals surface area contributed by atoms with Crippen LogP contribution in [0.4, 0.5) is 5.69 Å². The molecule has 3 aromatic rings. The number of hydrogen-bond donors (Lipinski definition) is 2. The number of H-pyrrole nitrogens is 1. The van der Waals surface area contributed by atoms with Gasteiger partial charge in [0.05, 0.1) is 6.20 Å². The number of carbonyl (C=O) groups is 1. The van der Waals surface area contributed by atoms with Crippen LogP contribution in [-0.2, 0) is 6.42 Å². The van der Waals surface area contributed by atoms with Gasteiger partial charge in [-0.25, -0.2) is 4.98 Å². The summed E-state index contributed by atoms with van der Waals surface area (Å²) < 4.78 is 0. The minimum atomic E-state index is -0.162. The molecule has 1 aromatic heterocycles. The van der Waals surface area contributed by atoms with Crippen molar-refractivity contribution in [3.8, 4) is 11.1 Å². The highest BCUT2D eigenvalue weighted by Crippen LogP contribution is 2.37. The van der Waals surface area contributed by atoms with Crippen LogP contribution in [0.3, 0.4) is 0 Å². The zero-order valence-electron chi connectivity index (χ0n) is 13.8. The van der Waals surface area contributed by atoms with Crippen LogP contribution in [0.25, 0.3) is 11.1 Å². The first-order valence-electron chi connectivity index (χ1n) is 8.19. The average molecular weight is 317 g/mol. The van der Waals surface area contributed by atoms with Gasteiger partial charge in [0.15, 0.2) is 0 Å². The van der Waals surface area contributed by atoms with E-state index in [0.717, 1.165) is 17.9 Å². The van der Waals surface area contributed by atoms with Gasteiger partial charge in [0, 0.05) is 11.6 Å². The summed E-state index contributed by atoms with van der Waals surface area (Å²) in [6.07, 6.45) is 2.50. The third-order valence-electron chi connectivity index (χ3n) is 4.44. The molecule has 0 bridgehead atoms. The summed E-state index contributed by atoms with van der Waals surface area (Å²) in [6.45, 7) is 4.08. The van der Waals surface area contributed by atoms with Crippen molar-refractivity contribution in [3.05, 3.63) is 71.3 Å². The Morgan fingerprint density at radius 2 is 1.92 bits per heavy atom. The summed E-state index contributed by atoms with van der Waals surface area (Å²) in [4.78, 5) is 19.7.